The third-order valence-electron chi connectivity index (χ3n) is 2.39. The topological polar surface area (TPSA) is 30.7 Å². The lowest BCUT2D eigenvalue weighted by molar-refractivity contribution is -0.141. The number of aryl methyl sites for hydroxylation is 1. The summed E-state index contributed by atoms with van der Waals surface area (Å²) in [6.07, 6.45) is -2.70. The molecule has 1 aromatic carbocycles. The molecule has 0 aliphatic heterocycles. The quantitative estimate of drug-likeness (QED) is 0.809. The molecule has 0 atom stereocenters. The molecule has 0 radical (unpaired) electrons. The van der Waals surface area contributed by atoms with Gasteiger partial charge in [-0.2, -0.15) is 13.2 Å². The van der Waals surface area contributed by atoms with Crippen molar-refractivity contribution in [3.8, 4) is 5.69 Å². The Morgan fingerprint density at radius 2 is 1.82 bits per heavy atom. The van der Waals surface area contributed by atoms with E-state index in [0.717, 1.165) is 22.9 Å². The Kier molecular flexibility index (Phi) is 2.87. The van der Waals surface area contributed by atoms with E-state index in [1.54, 1.807) is 12.1 Å². The molecule has 90 valence electrons. The molecule has 3 nitrogen and oxygen atoms in total. The molecule has 0 amide bonds. The highest BCUT2D eigenvalue weighted by atomic mass is 19.4. The predicted molar refractivity (Wildman–Crippen MR) is 55.7 cm³/mol. The van der Waals surface area contributed by atoms with E-state index >= 15 is 0 Å². The minimum Gasteiger partial charge on any atom is -0.220 e. The van der Waals surface area contributed by atoms with Gasteiger partial charge >= 0.3 is 6.18 Å². The molecule has 0 saturated heterocycles. The van der Waals surface area contributed by atoms with Crippen LogP contribution in [-0.2, 0) is 12.6 Å². The Balaban J connectivity index is 2.30. The van der Waals surface area contributed by atoms with Gasteiger partial charge in [-0.15, -0.1) is 5.10 Å². The molecule has 6 heteroatoms. The second-order valence-corrected chi connectivity index (χ2v) is 3.57. The van der Waals surface area contributed by atoms with Gasteiger partial charge in [0.2, 0.25) is 0 Å². The van der Waals surface area contributed by atoms with E-state index in [1.165, 1.54) is 0 Å². The molecule has 0 saturated carbocycles. The Morgan fingerprint density at radius 3 is 2.29 bits per heavy atom. The van der Waals surface area contributed by atoms with Crippen molar-refractivity contribution in [1.29, 1.82) is 0 Å². The SMILES string of the molecule is CCc1ccc(-n2cc(C(F)(F)F)nn2)cc1. The highest BCUT2D eigenvalue weighted by molar-refractivity contribution is 5.33. The molecular formula is C11H10F3N3. The van der Waals surface area contributed by atoms with Gasteiger partial charge in [-0.25, -0.2) is 4.68 Å². The van der Waals surface area contributed by atoms with Gasteiger partial charge in [-0.1, -0.05) is 24.3 Å². The van der Waals surface area contributed by atoms with Crippen molar-refractivity contribution in [3.63, 3.8) is 0 Å². The van der Waals surface area contributed by atoms with E-state index in [9.17, 15) is 13.2 Å². The summed E-state index contributed by atoms with van der Waals surface area (Å²) in [7, 11) is 0. The summed E-state index contributed by atoms with van der Waals surface area (Å²) < 4.78 is 38.1. The fourth-order valence-corrected chi connectivity index (χ4v) is 1.40. The van der Waals surface area contributed by atoms with Crippen molar-refractivity contribution < 1.29 is 13.2 Å². The second-order valence-electron chi connectivity index (χ2n) is 3.57. The van der Waals surface area contributed by atoms with Crippen molar-refractivity contribution in [3.05, 3.63) is 41.7 Å². The fourth-order valence-electron chi connectivity index (χ4n) is 1.40. The van der Waals surface area contributed by atoms with E-state index < -0.39 is 11.9 Å². The number of rotatable bonds is 2. The Labute approximate surface area is 95.9 Å². The van der Waals surface area contributed by atoms with Crippen LogP contribution in [0, 0.1) is 0 Å². The molecule has 0 unspecified atom stereocenters. The van der Waals surface area contributed by atoms with Gasteiger partial charge in [0.05, 0.1) is 11.9 Å². The number of aromatic nitrogens is 3. The van der Waals surface area contributed by atoms with Crippen molar-refractivity contribution >= 4 is 0 Å². The molecule has 0 aliphatic rings. The van der Waals surface area contributed by atoms with E-state index in [2.05, 4.69) is 10.3 Å². The van der Waals surface area contributed by atoms with Gasteiger partial charge in [0, 0.05) is 0 Å². The van der Waals surface area contributed by atoms with Crippen molar-refractivity contribution in [1.82, 2.24) is 15.0 Å². The number of benzene rings is 1. The van der Waals surface area contributed by atoms with Crippen LogP contribution >= 0.6 is 0 Å². The standard InChI is InChI=1S/C11H10F3N3/c1-2-8-3-5-9(6-4-8)17-7-10(15-16-17)11(12,13)14/h3-7H,2H2,1H3. The summed E-state index contributed by atoms with van der Waals surface area (Å²) >= 11 is 0. The van der Waals surface area contributed by atoms with E-state index in [-0.39, 0.29) is 0 Å². The first-order valence-corrected chi connectivity index (χ1v) is 5.09. The van der Waals surface area contributed by atoms with Gasteiger partial charge in [-0.3, -0.25) is 0 Å². The van der Waals surface area contributed by atoms with Crippen LogP contribution in [0.5, 0.6) is 0 Å². The summed E-state index contributed by atoms with van der Waals surface area (Å²) in [6.45, 7) is 2.01. The summed E-state index contributed by atoms with van der Waals surface area (Å²) in [4.78, 5) is 0. The summed E-state index contributed by atoms with van der Waals surface area (Å²) in [5.74, 6) is 0. The van der Waals surface area contributed by atoms with Crippen molar-refractivity contribution in [2.24, 2.45) is 0 Å². The first kappa shape index (κ1) is 11.6. The normalized spacial score (nSPS) is 11.8. The molecule has 1 aromatic heterocycles. The Bertz CT molecular complexity index is 499. The molecule has 0 aliphatic carbocycles. The molecule has 2 aromatic rings. The van der Waals surface area contributed by atoms with Gasteiger partial charge in [0.15, 0.2) is 5.69 Å². The molecule has 1 heterocycles. The lowest BCUT2D eigenvalue weighted by Crippen LogP contribution is -2.04. The first-order chi connectivity index (χ1) is 8.00. The number of hydrogen-bond donors (Lipinski definition) is 0. The van der Waals surface area contributed by atoms with Crippen LogP contribution in [0.15, 0.2) is 30.5 Å². The van der Waals surface area contributed by atoms with Gasteiger partial charge in [0.1, 0.15) is 0 Å². The van der Waals surface area contributed by atoms with Crippen molar-refractivity contribution in [2.45, 2.75) is 19.5 Å². The fraction of sp³-hybridized carbons (Fsp3) is 0.273. The van der Waals surface area contributed by atoms with Gasteiger partial charge < -0.3 is 0 Å². The molecule has 17 heavy (non-hydrogen) atoms. The van der Waals surface area contributed by atoms with Gasteiger partial charge in [-0.05, 0) is 24.1 Å². The average Bonchev–Trinajstić information content (AvgIpc) is 2.78. The molecule has 0 spiro atoms. The van der Waals surface area contributed by atoms with Crippen molar-refractivity contribution in [2.75, 3.05) is 0 Å². The monoisotopic (exact) mass is 241 g/mol. The summed E-state index contributed by atoms with van der Waals surface area (Å²) in [5, 5.41) is 6.55. The number of halogens is 3. The lowest BCUT2D eigenvalue weighted by Gasteiger charge is -2.01. The molecule has 0 fully saturated rings. The largest absolute Gasteiger partial charge is 0.436 e. The smallest absolute Gasteiger partial charge is 0.220 e. The first-order valence-electron chi connectivity index (χ1n) is 5.09. The zero-order valence-electron chi connectivity index (χ0n) is 9.07. The molecule has 0 bridgehead atoms. The Morgan fingerprint density at radius 1 is 1.18 bits per heavy atom. The van der Waals surface area contributed by atoms with E-state index in [0.29, 0.717) is 5.69 Å². The summed E-state index contributed by atoms with van der Waals surface area (Å²) in [6, 6.07) is 7.13. The zero-order valence-corrected chi connectivity index (χ0v) is 9.07. The maximum Gasteiger partial charge on any atom is 0.436 e. The average molecular weight is 241 g/mol. The molecule has 2 rings (SSSR count). The minimum atomic E-state index is -4.46. The summed E-state index contributed by atoms with van der Waals surface area (Å²) in [5.41, 5.74) is 0.687. The highest BCUT2D eigenvalue weighted by Crippen LogP contribution is 2.27. The van der Waals surface area contributed by atoms with Crippen LogP contribution in [0.2, 0.25) is 0 Å². The second kappa shape index (κ2) is 4.20. The molecule has 0 N–H and O–H groups in total. The maximum atomic E-state index is 12.3. The van der Waals surface area contributed by atoms with Crippen LogP contribution in [0.25, 0.3) is 5.69 Å². The number of hydrogen-bond acceptors (Lipinski definition) is 2. The number of nitrogens with zero attached hydrogens (tertiary/aromatic N) is 3. The van der Waals surface area contributed by atoms with Crippen LogP contribution < -0.4 is 0 Å². The lowest BCUT2D eigenvalue weighted by atomic mass is 10.1. The zero-order chi connectivity index (χ0) is 12.5. The van der Waals surface area contributed by atoms with Gasteiger partial charge in [0.25, 0.3) is 0 Å². The number of alkyl halides is 3. The maximum absolute atomic E-state index is 12.3. The van der Waals surface area contributed by atoms with Crippen LogP contribution in [0.4, 0.5) is 13.2 Å². The Hall–Kier alpha value is -1.85. The van der Waals surface area contributed by atoms with Crippen LogP contribution in [0.1, 0.15) is 18.2 Å². The van der Waals surface area contributed by atoms with Crippen LogP contribution in [0.3, 0.4) is 0 Å². The van der Waals surface area contributed by atoms with E-state index in [4.69, 9.17) is 0 Å². The third-order valence-corrected chi connectivity index (χ3v) is 2.39. The molecular weight excluding hydrogens is 231 g/mol. The minimum absolute atomic E-state index is 0.560. The third kappa shape index (κ3) is 2.46. The highest BCUT2D eigenvalue weighted by Gasteiger charge is 2.34. The van der Waals surface area contributed by atoms with E-state index in [1.807, 2.05) is 19.1 Å². The predicted octanol–water partition coefficient (Wildman–Crippen LogP) is 2.85. The van der Waals surface area contributed by atoms with Crippen LogP contribution in [-0.4, -0.2) is 15.0 Å².